The van der Waals surface area contributed by atoms with Crippen LogP contribution in [0.3, 0.4) is 0 Å². The number of alkyl halides is 3. The molecule has 0 rings (SSSR count). The number of hydrogen-bond donors (Lipinski definition) is 1. The zero-order valence-corrected chi connectivity index (χ0v) is 11.9. The minimum atomic E-state index is -4.22. The van der Waals surface area contributed by atoms with Crippen LogP contribution in [0.25, 0.3) is 0 Å². The number of ketones is 1. The Bertz CT molecular complexity index is 181. The third-order valence-electron chi connectivity index (χ3n) is 1.99. The van der Waals surface area contributed by atoms with Gasteiger partial charge in [-0.2, -0.15) is 13.2 Å². The van der Waals surface area contributed by atoms with Crippen molar-refractivity contribution in [2.45, 2.75) is 60.2 Å². The van der Waals surface area contributed by atoms with E-state index in [4.69, 9.17) is 0 Å². The summed E-state index contributed by atoms with van der Waals surface area (Å²) in [4.78, 5) is 10.8. The lowest BCUT2D eigenvalue weighted by molar-refractivity contribution is -0.172. The van der Waals surface area contributed by atoms with Crippen LogP contribution in [0.4, 0.5) is 13.2 Å². The first-order valence-electron chi connectivity index (χ1n) is 6.03. The first-order valence-corrected chi connectivity index (χ1v) is 6.03. The summed E-state index contributed by atoms with van der Waals surface area (Å²) in [5.41, 5.74) is 0. The lowest BCUT2D eigenvalue weighted by Crippen LogP contribution is -2.37. The van der Waals surface area contributed by atoms with Crippen LogP contribution in [0.2, 0.25) is 0 Å². The van der Waals surface area contributed by atoms with Crippen LogP contribution in [0.1, 0.15) is 48.0 Å². The van der Waals surface area contributed by atoms with E-state index in [0.29, 0.717) is 0 Å². The number of nitrogens with one attached hydrogen (secondary N) is 1. The van der Waals surface area contributed by atoms with Crippen molar-refractivity contribution in [1.29, 1.82) is 0 Å². The molecule has 5 heteroatoms. The summed E-state index contributed by atoms with van der Waals surface area (Å²) in [7, 11) is 1.48. The van der Waals surface area contributed by atoms with Gasteiger partial charge in [0, 0.05) is 0 Å². The van der Waals surface area contributed by atoms with Crippen LogP contribution < -0.4 is 5.32 Å². The summed E-state index contributed by atoms with van der Waals surface area (Å²) in [6.07, 6.45) is -4.42. The van der Waals surface area contributed by atoms with E-state index >= 15 is 0 Å². The van der Waals surface area contributed by atoms with Crippen LogP contribution in [0.15, 0.2) is 0 Å². The minimum absolute atomic E-state index is 0.199. The maximum atomic E-state index is 12.1. The Hall–Kier alpha value is -0.580. The van der Waals surface area contributed by atoms with E-state index in [9.17, 15) is 18.0 Å². The van der Waals surface area contributed by atoms with Crippen molar-refractivity contribution in [3.63, 3.8) is 0 Å². The number of carbonyl (C=O) groups excluding carboxylic acids is 1. The number of hydrogen-bond acceptors (Lipinski definition) is 2. The highest BCUT2D eigenvalue weighted by molar-refractivity contribution is 5.81. The van der Waals surface area contributed by atoms with Gasteiger partial charge in [0.2, 0.25) is 0 Å². The first kappa shape index (κ1) is 21.7. The van der Waals surface area contributed by atoms with Gasteiger partial charge >= 0.3 is 6.18 Å². The molecule has 0 bridgehead atoms. The first-order chi connectivity index (χ1) is 7.79. The summed E-state index contributed by atoms with van der Waals surface area (Å²) < 4.78 is 36.2. The molecule has 0 aliphatic carbocycles. The van der Waals surface area contributed by atoms with E-state index in [2.05, 4.69) is 5.32 Å². The van der Waals surface area contributed by atoms with Gasteiger partial charge in [0.25, 0.3) is 0 Å². The third kappa shape index (κ3) is 11.7. The summed E-state index contributed by atoms with van der Waals surface area (Å²) in [6, 6.07) is -0.698. The molecular weight excluding hydrogens is 231 g/mol. The average Bonchev–Trinajstić information content (AvgIpc) is 2.29. The molecule has 1 N–H and O–H groups in total. The van der Waals surface area contributed by atoms with Gasteiger partial charge in [0.05, 0.1) is 12.0 Å². The molecule has 0 spiro atoms. The van der Waals surface area contributed by atoms with Gasteiger partial charge in [-0.3, -0.25) is 4.79 Å². The SMILES string of the molecule is CC.CC.CNC(CC(C)C(F)(F)F)C(C)=O. The molecule has 2 unspecified atom stereocenters. The lowest BCUT2D eigenvalue weighted by Gasteiger charge is -2.20. The normalized spacial score (nSPS) is 13.5. The molecule has 0 radical (unpaired) electrons. The second-order valence-corrected chi connectivity index (χ2v) is 3.13. The van der Waals surface area contributed by atoms with E-state index in [-0.39, 0.29) is 12.2 Å². The zero-order chi connectivity index (χ0) is 14.6. The third-order valence-corrected chi connectivity index (χ3v) is 1.99. The number of likely N-dealkylation sites (N-methyl/N-ethyl adjacent to an activating group) is 1. The molecule has 2 atom stereocenters. The molecule has 0 saturated heterocycles. The molecule has 0 aromatic rings. The van der Waals surface area contributed by atoms with E-state index in [0.717, 1.165) is 6.92 Å². The maximum Gasteiger partial charge on any atom is 0.391 e. The molecule has 0 aromatic heterocycles. The number of halogens is 3. The van der Waals surface area contributed by atoms with E-state index in [1.165, 1.54) is 14.0 Å². The predicted molar refractivity (Wildman–Crippen MR) is 66.1 cm³/mol. The van der Waals surface area contributed by atoms with Crippen LogP contribution in [0.5, 0.6) is 0 Å². The van der Waals surface area contributed by atoms with Crippen LogP contribution in [-0.2, 0) is 4.79 Å². The minimum Gasteiger partial charge on any atom is -0.311 e. The van der Waals surface area contributed by atoms with E-state index < -0.39 is 18.1 Å². The van der Waals surface area contributed by atoms with Crippen molar-refractivity contribution in [1.82, 2.24) is 5.32 Å². The van der Waals surface area contributed by atoms with Crippen molar-refractivity contribution >= 4 is 5.78 Å². The van der Waals surface area contributed by atoms with Gasteiger partial charge in [-0.25, -0.2) is 0 Å². The standard InChI is InChI=1S/C8H14F3NO.2C2H6/c1-5(8(9,10)11)4-7(12-3)6(2)13;2*1-2/h5,7,12H,4H2,1-3H3;2*1-2H3. The van der Waals surface area contributed by atoms with Gasteiger partial charge in [0.1, 0.15) is 5.78 Å². The number of Topliss-reactive ketones (excluding diaryl/α,β-unsaturated/α-hetero) is 1. The highest BCUT2D eigenvalue weighted by atomic mass is 19.4. The van der Waals surface area contributed by atoms with Gasteiger partial charge < -0.3 is 5.32 Å². The summed E-state index contributed by atoms with van der Waals surface area (Å²) in [5.74, 6) is -1.72. The largest absolute Gasteiger partial charge is 0.391 e. The summed E-state index contributed by atoms with van der Waals surface area (Å²) in [5, 5.41) is 2.55. The van der Waals surface area contributed by atoms with Crippen LogP contribution in [0, 0.1) is 5.92 Å². The maximum absolute atomic E-state index is 12.1. The zero-order valence-electron chi connectivity index (χ0n) is 11.9. The molecule has 0 heterocycles. The Morgan fingerprint density at radius 2 is 1.53 bits per heavy atom. The van der Waals surface area contributed by atoms with Gasteiger partial charge in [-0.05, 0) is 20.4 Å². The monoisotopic (exact) mass is 257 g/mol. The van der Waals surface area contributed by atoms with Crippen molar-refractivity contribution in [2.24, 2.45) is 5.92 Å². The second kappa shape index (κ2) is 11.9. The number of rotatable bonds is 4. The van der Waals surface area contributed by atoms with Crippen molar-refractivity contribution < 1.29 is 18.0 Å². The Morgan fingerprint density at radius 1 is 1.18 bits per heavy atom. The fraction of sp³-hybridized carbons (Fsp3) is 0.917. The molecule has 0 aromatic carbocycles. The van der Waals surface area contributed by atoms with Crippen LogP contribution in [-0.4, -0.2) is 25.0 Å². The fourth-order valence-corrected chi connectivity index (χ4v) is 0.974. The Morgan fingerprint density at radius 3 is 1.71 bits per heavy atom. The molecule has 2 nitrogen and oxygen atoms in total. The summed E-state index contributed by atoms with van der Waals surface area (Å²) in [6.45, 7) is 10.4. The molecule has 0 aliphatic heterocycles. The van der Waals surface area contributed by atoms with E-state index in [1.54, 1.807) is 0 Å². The molecule has 0 amide bonds. The Labute approximate surface area is 103 Å². The van der Waals surface area contributed by atoms with Gasteiger partial charge in [-0.1, -0.05) is 34.6 Å². The summed E-state index contributed by atoms with van der Waals surface area (Å²) >= 11 is 0. The predicted octanol–water partition coefficient (Wildman–Crippen LogP) is 3.80. The Balaban J connectivity index is -0.000000439. The molecule has 17 heavy (non-hydrogen) atoms. The van der Waals surface area contributed by atoms with Crippen molar-refractivity contribution in [3.05, 3.63) is 0 Å². The van der Waals surface area contributed by atoms with Crippen molar-refractivity contribution in [3.8, 4) is 0 Å². The molecule has 106 valence electrons. The fourth-order valence-electron chi connectivity index (χ4n) is 0.974. The van der Waals surface area contributed by atoms with E-state index in [1.807, 2.05) is 27.7 Å². The number of carbonyl (C=O) groups is 1. The van der Waals surface area contributed by atoms with Gasteiger partial charge in [0.15, 0.2) is 0 Å². The smallest absolute Gasteiger partial charge is 0.311 e. The van der Waals surface area contributed by atoms with Crippen LogP contribution >= 0.6 is 0 Å². The second-order valence-electron chi connectivity index (χ2n) is 3.13. The highest BCUT2D eigenvalue weighted by Crippen LogP contribution is 2.29. The molecule has 0 aliphatic rings. The topological polar surface area (TPSA) is 29.1 Å². The Kier molecular flexibility index (Phi) is 15.2. The molecule has 0 saturated carbocycles. The molecule has 0 fully saturated rings. The lowest BCUT2D eigenvalue weighted by atomic mass is 9.99. The quantitative estimate of drug-likeness (QED) is 0.830. The average molecular weight is 257 g/mol. The van der Waals surface area contributed by atoms with Crippen molar-refractivity contribution in [2.75, 3.05) is 7.05 Å². The van der Waals surface area contributed by atoms with Gasteiger partial charge in [-0.15, -0.1) is 0 Å². The highest BCUT2D eigenvalue weighted by Gasteiger charge is 2.37. The molecular formula is C12H26F3NO.